The normalized spacial score (nSPS) is 18.3. The molecular formula is C23H26N2O5. The topological polar surface area (TPSA) is 83.2 Å². The average molecular weight is 410 g/mol. The van der Waals surface area contributed by atoms with Gasteiger partial charge in [0, 0.05) is 18.7 Å². The number of amides is 1. The Labute approximate surface area is 175 Å². The molecule has 0 radical (unpaired) electrons. The molecule has 0 aliphatic carbocycles. The number of nitrogens with zero attached hydrogens (tertiary/aromatic N) is 2. The van der Waals surface area contributed by atoms with Crippen LogP contribution in [-0.4, -0.2) is 60.4 Å². The molecule has 0 saturated carbocycles. The quantitative estimate of drug-likeness (QED) is 0.312. The molecular weight excluding hydrogens is 384 g/mol. The number of carbonyl (C=O) groups excluding carboxylic acids is 2. The van der Waals surface area contributed by atoms with Crippen molar-refractivity contribution in [2.75, 3.05) is 33.8 Å². The van der Waals surface area contributed by atoms with Crippen LogP contribution in [0, 0.1) is 6.92 Å². The van der Waals surface area contributed by atoms with Gasteiger partial charge in [-0.3, -0.25) is 9.59 Å². The summed E-state index contributed by atoms with van der Waals surface area (Å²) in [6.07, 6.45) is 1.63. The van der Waals surface area contributed by atoms with Crippen LogP contribution >= 0.6 is 0 Å². The number of furan rings is 1. The molecule has 1 N–H and O–H groups in total. The van der Waals surface area contributed by atoms with Gasteiger partial charge in [0.1, 0.15) is 35.7 Å². The summed E-state index contributed by atoms with van der Waals surface area (Å²) in [6, 6.07) is 9.38. The number of likely N-dealkylation sites (N-methyl/N-ethyl adjacent to an activating group) is 1. The van der Waals surface area contributed by atoms with Gasteiger partial charge in [-0.2, -0.15) is 0 Å². The largest absolute Gasteiger partial charge is 0.507 e. The van der Waals surface area contributed by atoms with E-state index in [4.69, 9.17) is 9.15 Å². The van der Waals surface area contributed by atoms with Crippen LogP contribution in [0.25, 0.3) is 5.76 Å². The van der Waals surface area contributed by atoms with Crippen molar-refractivity contribution < 1.29 is 23.8 Å². The molecule has 0 spiro atoms. The molecule has 0 unspecified atom stereocenters. The van der Waals surface area contributed by atoms with Crippen LogP contribution in [0.3, 0.4) is 0 Å². The number of Topliss-reactive ketones (excluding diaryl/α,β-unsaturated/α-hetero) is 1. The van der Waals surface area contributed by atoms with Crippen molar-refractivity contribution in [2.24, 2.45) is 0 Å². The predicted molar refractivity (Wildman–Crippen MR) is 113 cm³/mol. The fraction of sp³-hybridized carbons (Fsp3) is 0.304. The Hall–Kier alpha value is -3.32. The highest BCUT2D eigenvalue weighted by molar-refractivity contribution is 6.46. The number of ketones is 1. The second-order valence-corrected chi connectivity index (χ2v) is 7.37. The minimum Gasteiger partial charge on any atom is -0.507 e. The fourth-order valence-electron chi connectivity index (χ4n) is 3.33. The van der Waals surface area contributed by atoms with E-state index in [9.17, 15) is 14.7 Å². The van der Waals surface area contributed by atoms with Crippen LogP contribution in [0.4, 0.5) is 0 Å². The van der Waals surface area contributed by atoms with Gasteiger partial charge in [0.25, 0.3) is 11.7 Å². The lowest BCUT2D eigenvalue weighted by Gasteiger charge is -2.24. The van der Waals surface area contributed by atoms with Gasteiger partial charge in [-0.05, 0) is 57.4 Å². The smallest absolute Gasteiger partial charge is 0.295 e. The lowest BCUT2D eigenvalue weighted by atomic mass is 9.99. The third-order valence-corrected chi connectivity index (χ3v) is 4.85. The molecule has 1 aliphatic rings. The molecule has 2 aromatic rings. The molecule has 1 aliphatic heterocycles. The van der Waals surface area contributed by atoms with Crippen molar-refractivity contribution in [3.63, 3.8) is 0 Å². The molecule has 1 amide bonds. The summed E-state index contributed by atoms with van der Waals surface area (Å²) >= 11 is 0. The van der Waals surface area contributed by atoms with Gasteiger partial charge < -0.3 is 24.1 Å². The Bertz CT molecular complexity index is 972. The van der Waals surface area contributed by atoms with E-state index in [1.807, 2.05) is 19.0 Å². The molecule has 7 nitrogen and oxygen atoms in total. The van der Waals surface area contributed by atoms with Crippen LogP contribution in [0.15, 0.2) is 59.0 Å². The first-order chi connectivity index (χ1) is 14.3. The number of benzene rings is 1. The maximum atomic E-state index is 12.9. The highest BCUT2D eigenvalue weighted by atomic mass is 16.5. The molecule has 1 fully saturated rings. The van der Waals surface area contributed by atoms with Crippen molar-refractivity contribution in [3.05, 3.63) is 71.7 Å². The molecule has 1 aromatic heterocycles. The zero-order valence-electron chi connectivity index (χ0n) is 17.4. The number of rotatable bonds is 8. The van der Waals surface area contributed by atoms with Gasteiger partial charge in [-0.25, -0.2) is 0 Å². The second-order valence-electron chi connectivity index (χ2n) is 7.37. The van der Waals surface area contributed by atoms with Crippen molar-refractivity contribution in [2.45, 2.75) is 13.0 Å². The van der Waals surface area contributed by atoms with Gasteiger partial charge in [-0.1, -0.05) is 12.7 Å². The van der Waals surface area contributed by atoms with Crippen molar-refractivity contribution in [3.8, 4) is 5.75 Å². The van der Waals surface area contributed by atoms with E-state index in [0.29, 0.717) is 42.5 Å². The molecule has 158 valence electrons. The number of hydrogen-bond acceptors (Lipinski definition) is 6. The van der Waals surface area contributed by atoms with Crippen molar-refractivity contribution in [1.82, 2.24) is 9.80 Å². The summed E-state index contributed by atoms with van der Waals surface area (Å²) in [5, 5.41) is 11.0. The number of ether oxygens (including phenoxy) is 1. The summed E-state index contributed by atoms with van der Waals surface area (Å²) in [5.74, 6) is 0.0941. The van der Waals surface area contributed by atoms with E-state index in [-0.39, 0.29) is 11.3 Å². The molecule has 30 heavy (non-hydrogen) atoms. The second kappa shape index (κ2) is 9.00. The van der Waals surface area contributed by atoms with Crippen LogP contribution in [-0.2, 0) is 9.59 Å². The van der Waals surface area contributed by atoms with Crippen molar-refractivity contribution in [1.29, 1.82) is 0 Å². The molecule has 3 rings (SSSR count). The lowest BCUT2D eigenvalue weighted by molar-refractivity contribution is -0.140. The predicted octanol–water partition coefficient (Wildman–Crippen LogP) is 3.14. The number of aliphatic hydroxyl groups is 1. The van der Waals surface area contributed by atoms with Crippen molar-refractivity contribution >= 4 is 17.4 Å². The minimum absolute atomic E-state index is 0.0212. The number of hydrogen-bond donors (Lipinski definition) is 1. The van der Waals surface area contributed by atoms with Gasteiger partial charge in [-0.15, -0.1) is 0 Å². The number of aryl methyl sites for hydroxylation is 1. The molecule has 1 aromatic carbocycles. The summed E-state index contributed by atoms with van der Waals surface area (Å²) in [4.78, 5) is 29.0. The number of carbonyl (C=O) groups is 2. The first-order valence-electron chi connectivity index (χ1n) is 9.67. The van der Waals surface area contributed by atoms with E-state index in [2.05, 4.69) is 6.58 Å². The Kier molecular flexibility index (Phi) is 6.42. The van der Waals surface area contributed by atoms with Gasteiger partial charge >= 0.3 is 0 Å². The van der Waals surface area contributed by atoms with Crippen LogP contribution < -0.4 is 4.74 Å². The number of likely N-dealkylation sites (tertiary alicyclic amines) is 1. The monoisotopic (exact) mass is 410 g/mol. The summed E-state index contributed by atoms with van der Waals surface area (Å²) < 4.78 is 11.2. The summed E-state index contributed by atoms with van der Waals surface area (Å²) in [7, 11) is 3.78. The van der Waals surface area contributed by atoms with Gasteiger partial charge in [0.2, 0.25) is 0 Å². The van der Waals surface area contributed by atoms with E-state index < -0.39 is 17.7 Å². The molecule has 1 atom stereocenters. The van der Waals surface area contributed by atoms with Gasteiger partial charge in [0.05, 0.1) is 5.57 Å². The SMILES string of the molecule is C=CCOc1ccc(C(O)=C2C(=O)C(=O)N(CCN(C)C)[C@H]2c2ccc(C)o2)cc1. The van der Waals surface area contributed by atoms with Crippen LogP contribution in [0.5, 0.6) is 5.75 Å². The standard InChI is InChI=1S/C23H26N2O5/c1-5-14-29-17-9-7-16(8-10-17)21(26)19-20(18-11-6-15(2)30-18)25(13-12-24(3)4)23(28)22(19)27/h5-11,20,26H,1,12-14H2,2-4H3/t20-/m0/s1. The van der Waals surface area contributed by atoms with E-state index in [0.717, 1.165) is 0 Å². The maximum Gasteiger partial charge on any atom is 0.295 e. The molecule has 1 saturated heterocycles. The zero-order valence-corrected chi connectivity index (χ0v) is 17.4. The maximum absolute atomic E-state index is 12.9. The molecule has 0 bridgehead atoms. The van der Waals surface area contributed by atoms with E-state index in [1.165, 1.54) is 4.90 Å². The zero-order chi connectivity index (χ0) is 21.8. The van der Waals surface area contributed by atoms with E-state index >= 15 is 0 Å². The summed E-state index contributed by atoms with van der Waals surface area (Å²) in [5.41, 5.74) is 0.438. The molecule has 2 heterocycles. The average Bonchev–Trinajstić information content (AvgIpc) is 3.26. The lowest BCUT2D eigenvalue weighted by Crippen LogP contribution is -2.35. The Morgan fingerprint density at radius 3 is 2.50 bits per heavy atom. The molecule has 7 heteroatoms. The summed E-state index contributed by atoms with van der Waals surface area (Å²) in [6.45, 7) is 6.65. The van der Waals surface area contributed by atoms with E-state index in [1.54, 1.807) is 49.4 Å². The van der Waals surface area contributed by atoms with Gasteiger partial charge in [0.15, 0.2) is 0 Å². The number of aliphatic hydroxyl groups excluding tert-OH is 1. The fourth-order valence-corrected chi connectivity index (χ4v) is 3.33. The first-order valence-corrected chi connectivity index (χ1v) is 9.67. The van der Waals surface area contributed by atoms with Crippen LogP contribution in [0.2, 0.25) is 0 Å². The minimum atomic E-state index is -0.782. The van der Waals surface area contributed by atoms with Crippen LogP contribution in [0.1, 0.15) is 23.1 Å². The highest BCUT2D eigenvalue weighted by Crippen LogP contribution is 2.40. The third kappa shape index (κ3) is 4.31. The Morgan fingerprint density at radius 1 is 1.23 bits per heavy atom. The highest BCUT2D eigenvalue weighted by Gasteiger charge is 2.47. The third-order valence-electron chi connectivity index (χ3n) is 4.85. The Morgan fingerprint density at radius 2 is 1.93 bits per heavy atom. The first kappa shape index (κ1) is 21.4. The Balaban J connectivity index is 2.03.